The molecule has 1 aliphatic heterocycles. The molecule has 0 aliphatic carbocycles. The molecule has 0 bridgehead atoms. The predicted octanol–water partition coefficient (Wildman–Crippen LogP) is 4.24. The van der Waals surface area contributed by atoms with Crippen molar-refractivity contribution in [3.63, 3.8) is 0 Å². The van der Waals surface area contributed by atoms with Gasteiger partial charge in [-0.3, -0.25) is 19.8 Å². The Morgan fingerprint density at radius 3 is 2.33 bits per heavy atom. The number of hydrogen-bond donors (Lipinski definition) is 2. The van der Waals surface area contributed by atoms with E-state index in [-0.39, 0.29) is 40.3 Å². The van der Waals surface area contributed by atoms with Crippen LogP contribution in [0.1, 0.15) is 10.4 Å². The summed E-state index contributed by atoms with van der Waals surface area (Å²) in [6.07, 6.45) is -4.99. The number of halogens is 6. The minimum absolute atomic E-state index is 0. The second kappa shape index (κ2) is 12.6. The van der Waals surface area contributed by atoms with Gasteiger partial charge in [0, 0.05) is 32.2 Å². The summed E-state index contributed by atoms with van der Waals surface area (Å²) in [5, 5.41) is 12.0. The van der Waals surface area contributed by atoms with E-state index in [0.29, 0.717) is 24.4 Å². The lowest BCUT2D eigenvalue weighted by atomic mass is 10.1. The molecule has 0 radical (unpaired) electrons. The molecule has 16 heteroatoms. The van der Waals surface area contributed by atoms with Gasteiger partial charge in [0.1, 0.15) is 17.4 Å². The SMILES string of the molecule is CN1CCN(CC(=O)Nc2cc(OC(F)(F)F)ccc2C(=O)Nc2nnc(-c3c(F)cccc3F)s2)CC1.Cl. The first kappa shape index (κ1) is 30.1. The molecule has 9 nitrogen and oxygen atoms in total. The summed E-state index contributed by atoms with van der Waals surface area (Å²) in [5.74, 6) is -3.78. The Morgan fingerprint density at radius 2 is 1.69 bits per heavy atom. The van der Waals surface area contributed by atoms with Gasteiger partial charge in [-0.05, 0) is 31.3 Å². The Hall–Kier alpha value is -3.40. The van der Waals surface area contributed by atoms with E-state index < -0.39 is 41.1 Å². The first-order chi connectivity index (χ1) is 18.0. The van der Waals surface area contributed by atoms with Gasteiger partial charge in [0.15, 0.2) is 5.01 Å². The summed E-state index contributed by atoms with van der Waals surface area (Å²) in [7, 11) is 1.95. The fraction of sp³-hybridized carbons (Fsp3) is 0.304. The van der Waals surface area contributed by atoms with E-state index in [4.69, 9.17) is 0 Å². The molecule has 0 unspecified atom stereocenters. The van der Waals surface area contributed by atoms with E-state index >= 15 is 0 Å². The lowest BCUT2D eigenvalue weighted by molar-refractivity contribution is -0.274. The number of benzene rings is 2. The normalized spacial score (nSPS) is 14.4. The van der Waals surface area contributed by atoms with Crippen molar-refractivity contribution in [2.24, 2.45) is 0 Å². The van der Waals surface area contributed by atoms with Crippen LogP contribution in [0.4, 0.5) is 32.8 Å². The van der Waals surface area contributed by atoms with Crippen LogP contribution >= 0.6 is 23.7 Å². The summed E-state index contributed by atoms with van der Waals surface area (Å²) in [5.41, 5.74) is -0.843. The average molecular weight is 593 g/mol. The van der Waals surface area contributed by atoms with Crippen LogP contribution < -0.4 is 15.4 Å². The number of rotatable bonds is 7. The van der Waals surface area contributed by atoms with Gasteiger partial charge in [-0.1, -0.05) is 17.4 Å². The number of nitrogens with zero attached hydrogens (tertiary/aromatic N) is 4. The standard InChI is InChI=1S/C23H21F5N6O3S.ClH/c1-33-7-9-34(10-8-33)12-18(35)29-17-11-13(37-23(26,27)28)5-6-14(17)20(36)30-22-32-31-21(38-22)19-15(24)3-2-4-16(19)25;/h2-6,11H,7-10,12H2,1H3,(H,29,35)(H,30,32,36);1H. The van der Waals surface area contributed by atoms with Gasteiger partial charge in [-0.25, -0.2) is 8.78 Å². The number of alkyl halides is 3. The van der Waals surface area contributed by atoms with Gasteiger partial charge >= 0.3 is 6.36 Å². The molecule has 1 aliphatic rings. The lowest BCUT2D eigenvalue weighted by Crippen LogP contribution is -2.47. The van der Waals surface area contributed by atoms with Crippen molar-refractivity contribution in [1.82, 2.24) is 20.0 Å². The highest BCUT2D eigenvalue weighted by atomic mass is 35.5. The smallest absolute Gasteiger partial charge is 0.406 e. The van der Waals surface area contributed by atoms with Crippen LogP contribution in [0, 0.1) is 11.6 Å². The molecule has 39 heavy (non-hydrogen) atoms. The summed E-state index contributed by atoms with van der Waals surface area (Å²) >= 11 is 0.686. The Bertz CT molecular complexity index is 1310. The number of anilines is 2. The van der Waals surface area contributed by atoms with E-state index in [0.717, 1.165) is 43.4 Å². The van der Waals surface area contributed by atoms with Crippen molar-refractivity contribution in [3.8, 4) is 16.3 Å². The number of piperazine rings is 1. The summed E-state index contributed by atoms with van der Waals surface area (Å²) in [4.78, 5) is 29.6. The molecule has 1 aromatic heterocycles. The number of aromatic nitrogens is 2. The third kappa shape index (κ3) is 8.05. The van der Waals surface area contributed by atoms with Crippen LogP contribution in [-0.2, 0) is 4.79 Å². The minimum Gasteiger partial charge on any atom is -0.406 e. The zero-order valence-corrected chi connectivity index (χ0v) is 21.9. The third-order valence-electron chi connectivity index (χ3n) is 5.53. The van der Waals surface area contributed by atoms with E-state index in [2.05, 4.69) is 30.5 Å². The van der Waals surface area contributed by atoms with Crippen LogP contribution in [-0.4, -0.2) is 77.9 Å². The molecule has 2 N–H and O–H groups in total. The largest absolute Gasteiger partial charge is 0.573 e. The minimum atomic E-state index is -4.99. The molecule has 0 spiro atoms. The van der Waals surface area contributed by atoms with Crippen LogP contribution in [0.25, 0.3) is 10.6 Å². The van der Waals surface area contributed by atoms with Crippen molar-refractivity contribution in [1.29, 1.82) is 0 Å². The highest BCUT2D eigenvalue weighted by molar-refractivity contribution is 7.18. The first-order valence-electron chi connectivity index (χ1n) is 11.2. The Morgan fingerprint density at radius 1 is 1.03 bits per heavy atom. The van der Waals surface area contributed by atoms with Gasteiger partial charge < -0.3 is 15.0 Å². The van der Waals surface area contributed by atoms with Crippen molar-refractivity contribution in [3.05, 3.63) is 53.6 Å². The van der Waals surface area contributed by atoms with Gasteiger partial charge in [-0.15, -0.1) is 35.8 Å². The van der Waals surface area contributed by atoms with Crippen LogP contribution in [0.5, 0.6) is 5.75 Å². The number of ether oxygens (including phenoxy) is 1. The first-order valence-corrected chi connectivity index (χ1v) is 12.0. The number of hydrogen-bond acceptors (Lipinski definition) is 8. The summed E-state index contributed by atoms with van der Waals surface area (Å²) in [6, 6.07) is 6.10. The fourth-order valence-electron chi connectivity index (χ4n) is 3.66. The fourth-order valence-corrected chi connectivity index (χ4v) is 4.45. The molecule has 0 saturated carbocycles. The van der Waals surface area contributed by atoms with Gasteiger partial charge in [0.05, 0.1) is 23.4 Å². The molecule has 2 aromatic carbocycles. The van der Waals surface area contributed by atoms with Crippen molar-refractivity contribution in [2.45, 2.75) is 6.36 Å². The van der Waals surface area contributed by atoms with Gasteiger partial charge in [0.25, 0.3) is 5.91 Å². The molecule has 2 heterocycles. The number of carbonyl (C=O) groups excluding carboxylic acids is 2. The number of amides is 2. The highest BCUT2D eigenvalue weighted by Gasteiger charge is 2.32. The van der Waals surface area contributed by atoms with Crippen molar-refractivity contribution < 1.29 is 36.3 Å². The van der Waals surface area contributed by atoms with Crippen molar-refractivity contribution in [2.75, 3.05) is 50.4 Å². The van der Waals surface area contributed by atoms with Crippen LogP contribution in [0.15, 0.2) is 36.4 Å². The number of carbonyl (C=O) groups is 2. The molecule has 0 atom stereocenters. The Labute approximate surface area is 229 Å². The van der Waals surface area contributed by atoms with Crippen molar-refractivity contribution >= 4 is 46.4 Å². The van der Waals surface area contributed by atoms with Gasteiger partial charge in [0.2, 0.25) is 11.0 Å². The van der Waals surface area contributed by atoms with E-state index in [1.54, 1.807) is 0 Å². The molecular formula is C23H22ClF5N6O3S. The van der Waals surface area contributed by atoms with Crippen LogP contribution in [0.2, 0.25) is 0 Å². The predicted molar refractivity (Wildman–Crippen MR) is 136 cm³/mol. The van der Waals surface area contributed by atoms with Crippen LogP contribution in [0.3, 0.4) is 0 Å². The Kier molecular flexibility index (Phi) is 9.77. The topological polar surface area (TPSA) is 99.7 Å². The second-order valence-corrected chi connectivity index (χ2v) is 9.32. The maximum atomic E-state index is 14.1. The highest BCUT2D eigenvalue weighted by Crippen LogP contribution is 2.32. The molecular weight excluding hydrogens is 571 g/mol. The quantitative estimate of drug-likeness (QED) is 0.396. The van der Waals surface area contributed by atoms with E-state index in [1.165, 1.54) is 6.07 Å². The molecule has 3 aromatic rings. The zero-order valence-electron chi connectivity index (χ0n) is 20.2. The molecule has 1 fully saturated rings. The number of nitrogens with one attached hydrogen (secondary N) is 2. The Balaban J connectivity index is 0.00000420. The molecule has 4 rings (SSSR count). The molecule has 2 amide bonds. The average Bonchev–Trinajstić information content (AvgIpc) is 3.27. The van der Waals surface area contributed by atoms with E-state index in [9.17, 15) is 31.5 Å². The monoisotopic (exact) mass is 592 g/mol. The lowest BCUT2D eigenvalue weighted by Gasteiger charge is -2.31. The van der Waals surface area contributed by atoms with Gasteiger partial charge in [-0.2, -0.15) is 0 Å². The summed E-state index contributed by atoms with van der Waals surface area (Å²) in [6.45, 7) is 2.70. The zero-order chi connectivity index (χ0) is 27.4. The third-order valence-corrected chi connectivity index (χ3v) is 6.38. The maximum absolute atomic E-state index is 14.1. The second-order valence-electron chi connectivity index (χ2n) is 8.35. The maximum Gasteiger partial charge on any atom is 0.573 e. The molecule has 1 saturated heterocycles. The summed E-state index contributed by atoms with van der Waals surface area (Å²) < 4.78 is 70.3. The molecule has 210 valence electrons. The number of likely N-dealkylation sites (N-methyl/N-ethyl adjacent to an activating group) is 1. The van der Waals surface area contributed by atoms with E-state index in [1.807, 2.05) is 11.9 Å².